The highest BCUT2D eigenvalue weighted by atomic mass is 16.3. The van der Waals surface area contributed by atoms with E-state index in [0.717, 1.165) is 24.0 Å². The van der Waals surface area contributed by atoms with Gasteiger partial charge in [0.1, 0.15) is 5.75 Å². The lowest BCUT2D eigenvalue weighted by molar-refractivity contribution is -0.115. The van der Waals surface area contributed by atoms with Crippen molar-refractivity contribution < 1.29 is 14.7 Å². The van der Waals surface area contributed by atoms with E-state index in [1.54, 1.807) is 6.07 Å². The van der Waals surface area contributed by atoms with Crippen LogP contribution in [0.1, 0.15) is 39.2 Å². The molecule has 1 rings (SSSR count). The Morgan fingerprint density at radius 1 is 1.23 bits per heavy atom. The Bertz CT molecular complexity index is 600. The second-order valence-corrected chi connectivity index (χ2v) is 5.16. The zero-order chi connectivity index (χ0) is 16.5. The van der Waals surface area contributed by atoms with Crippen LogP contribution in [0.5, 0.6) is 5.75 Å². The van der Waals surface area contributed by atoms with Gasteiger partial charge in [0, 0.05) is 25.1 Å². The van der Waals surface area contributed by atoms with Crippen LogP contribution in [0.25, 0.3) is 0 Å². The van der Waals surface area contributed by atoms with E-state index in [4.69, 9.17) is 0 Å². The number of carbonyl (C=O) groups is 2. The fourth-order valence-electron chi connectivity index (χ4n) is 2.02. The summed E-state index contributed by atoms with van der Waals surface area (Å²) in [5.41, 5.74) is 2.29. The summed E-state index contributed by atoms with van der Waals surface area (Å²) in [4.78, 5) is 22.4. The Morgan fingerprint density at radius 3 is 2.59 bits per heavy atom. The van der Waals surface area contributed by atoms with E-state index in [2.05, 4.69) is 5.32 Å². The SMILES string of the molecule is CCC(=O)C(C)=CC=CCCc1cc(O)cc(NC(C)=O)c1. The Hall–Kier alpha value is -2.36. The highest BCUT2D eigenvalue weighted by Gasteiger charge is 2.01. The van der Waals surface area contributed by atoms with Crippen LogP contribution in [0.3, 0.4) is 0 Å². The summed E-state index contributed by atoms with van der Waals surface area (Å²) < 4.78 is 0. The molecule has 0 unspecified atom stereocenters. The van der Waals surface area contributed by atoms with Gasteiger partial charge in [0.2, 0.25) is 5.91 Å². The van der Waals surface area contributed by atoms with Crippen LogP contribution < -0.4 is 5.32 Å². The van der Waals surface area contributed by atoms with Gasteiger partial charge < -0.3 is 10.4 Å². The molecule has 1 aromatic rings. The van der Waals surface area contributed by atoms with Crippen molar-refractivity contribution in [3.05, 3.63) is 47.6 Å². The molecule has 0 saturated carbocycles. The third kappa shape index (κ3) is 6.39. The van der Waals surface area contributed by atoms with Crippen molar-refractivity contribution >= 4 is 17.4 Å². The highest BCUT2D eigenvalue weighted by molar-refractivity contribution is 5.94. The fraction of sp³-hybridized carbons (Fsp3) is 0.333. The van der Waals surface area contributed by atoms with Crippen LogP contribution in [0.4, 0.5) is 5.69 Å². The van der Waals surface area contributed by atoms with Gasteiger partial charge in [-0.15, -0.1) is 0 Å². The van der Waals surface area contributed by atoms with Crippen LogP contribution >= 0.6 is 0 Å². The molecule has 0 aliphatic carbocycles. The summed E-state index contributed by atoms with van der Waals surface area (Å²) in [6.07, 6.45) is 7.72. The van der Waals surface area contributed by atoms with Crippen LogP contribution in [0, 0.1) is 0 Å². The number of rotatable bonds is 7. The molecule has 0 aliphatic heterocycles. The number of anilines is 1. The van der Waals surface area contributed by atoms with Crippen molar-refractivity contribution in [2.45, 2.75) is 40.0 Å². The molecule has 4 heteroatoms. The predicted molar refractivity (Wildman–Crippen MR) is 88.9 cm³/mol. The van der Waals surface area contributed by atoms with Gasteiger partial charge in [0.15, 0.2) is 5.78 Å². The lowest BCUT2D eigenvalue weighted by Gasteiger charge is -2.06. The summed E-state index contributed by atoms with van der Waals surface area (Å²) in [6.45, 7) is 5.09. The van der Waals surface area contributed by atoms with Gasteiger partial charge in [-0.25, -0.2) is 0 Å². The van der Waals surface area contributed by atoms with Gasteiger partial charge in [-0.1, -0.05) is 25.2 Å². The van der Waals surface area contributed by atoms with E-state index in [1.807, 2.05) is 38.1 Å². The standard InChI is InChI=1S/C18H23NO3/c1-4-18(22)13(2)8-6-5-7-9-15-10-16(19-14(3)20)12-17(21)11-15/h5-6,8,10-12,21H,4,7,9H2,1-3H3,(H,19,20). The summed E-state index contributed by atoms with van der Waals surface area (Å²) >= 11 is 0. The number of hydrogen-bond acceptors (Lipinski definition) is 3. The molecule has 1 aromatic carbocycles. The average Bonchev–Trinajstić information content (AvgIpc) is 2.44. The molecule has 0 radical (unpaired) electrons. The Morgan fingerprint density at radius 2 is 1.95 bits per heavy atom. The first-order valence-electron chi connectivity index (χ1n) is 7.39. The number of phenolic OH excluding ortho intramolecular Hbond substituents is 1. The first-order chi connectivity index (χ1) is 10.4. The predicted octanol–water partition coefficient (Wildman–Crippen LogP) is 3.76. The normalized spacial score (nSPS) is 11.7. The third-order valence-electron chi connectivity index (χ3n) is 3.14. The van der Waals surface area contributed by atoms with E-state index in [0.29, 0.717) is 12.1 Å². The maximum atomic E-state index is 11.4. The van der Waals surface area contributed by atoms with Crippen molar-refractivity contribution in [2.75, 3.05) is 5.32 Å². The van der Waals surface area contributed by atoms with E-state index in [1.165, 1.54) is 13.0 Å². The Balaban J connectivity index is 2.59. The van der Waals surface area contributed by atoms with E-state index < -0.39 is 0 Å². The molecule has 0 aliphatic rings. The quantitative estimate of drug-likeness (QED) is 0.595. The van der Waals surface area contributed by atoms with Gasteiger partial charge >= 0.3 is 0 Å². The maximum absolute atomic E-state index is 11.4. The van der Waals surface area contributed by atoms with Crippen molar-refractivity contribution in [3.8, 4) is 5.75 Å². The second-order valence-electron chi connectivity index (χ2n) is 5.16. The molecule has 0 spiro atoms. The number of hydrogen-bond donors (Lipinski definition) is 2. The number of nitrogens with one attached hydrogen (secondary N) is 1. The maximum Gasteiger partial charge on any atom is 0.221 e. The summed E-state index contributed by atoms with van der Waals surface area (Å²) in [6, 6.07) is 5.04. The van der Waals surface area contributed by atoms with Crippen molar-refractivity contribution in [3.63, 3.8) is 0 Å². The number of benzene rings is 1. The third-order valence-corrected chi connectivity index (χ3v) is 3.14. The second kappa shape index (κ2) is 8.82. The lowest BCUT2D eigenvalue weighted by atomic mass is 10.1. The summed E-state index contributed by atoms with van der Waals surface area (Å²) in [5, 5.41) is 12.3. The van der Waals surface area contributed by atoms with Gasteiger partial charge in [0.25, 0.3) is 0 Å². The first-order valence-corrected chi connectivity index (χ1v) is 7.39. The number of phenols is 1. The van der Waals surface area contributed by atoms with E-state index in [-0.39, 0.29) is 17.4 Å². The smallest absolute Gasteiger partial charge is 0.221 e. The zero-order valence-electron chi connectivity index (χ0n) is 13.3. The first kappa shape index (κ1) is 17.7. The molecule has 0 fully saturated rings. The van der Waals surface area contributed by atoms with Gasteiger partial charge in [-0.2, -0.15) is 0 Å². The molecule has 0 atom stereocenters. The highest BCUT2D eigenvalue weighted by Crippen LogP contribution is 2.21. The Kier molecular flexibility index (Phi) is 7.09. The minimum atomic E-state index is -0.169. The Labute approximate surface area is 131 Å². The van der Waals surface area contributed by atoms with Gasteiger partial charge in [-0.05, 0) is 43.0 Å². The molecule has 2 N–H and O–H groups in total. The minimum absolute atomic E-state index is 0.134. The van der Waals surface area contributed by atoms with Crippen LogP contribution in [-0.2, 0) is 16.0 Å². The van der Waals surface area contributed by atoms with E-state index in [9.17, 15) is 14.7 Å². The molecular formula is C18H23NO3. The number of ketones is 1. The monoisotopic (exact) mass is 301 g/mol. The van der Waals surface area contributed by atoms with Gasteiger partial charge in [-0.3, -0.25) is 9.59 Å². The molecule has 0 bridgehead atoms. The number of aromatic hydroxyl groups is 1. The van der Waals surface area contributed by atoms with Crippen molar-refractivity contribution in [2.24, 2.45) is 0 Å². The molecule has 4 nitrogen and oxygen atoms in total. The molecule has 0 aromatic heterocycles. The number of allylic oxidation sites excluding steroid dienone is 4. The largest absolute Gasteiger partial charge is 0.508 e. The zero-order valence-corrected chi connectivity index (χ0v) is 13.3. The van der Waals surface area contributed by atoms with Gasteiger partial charge in [0.05, 0.1) is 0 Å². The summed E-state index contributed by atoms with van der Waals surface area (Å²) in [7, 11) is 0. The molecule has 0 saturated heterocycles. The van der Waals surface area contributed by atoms with Crippen molar-refractivity contribution in [1.82, 2.24) is 0 Å². The molecule has 0 heterocycles. The number of Topliss-reactive ketones (excluding diaryl/α,β-unsaturated/α-hetero) is 1. The number of carbonyl (C=O) groups excluding carboxylic acids is 2. The summed E-state index contributed by atoms with van der Waals surface area (Å²) in [5.74, 6) is 0.116. The molecule has 1 amide bonds. The lowest BCUT2D eigenvalue weighted by Crippen LogP contribution is -2.05. The average molecular weight is 301 g/mol. The van der Waals surface area contributed by atoms with E-state index >= 15 is 0 Å². The number of aryl methyl sites for hydroxylation is 1. The molecule has 22 heavy (non-hydrogen) atoms. The molecular weight excluding hydrogens is 278 g/mol. The van der Waals surface area contributed by atoms with Crippen LogP contribution in [0.2, 0.25) is 0 Å². The molecule has 118 valence electrons. The minimum Gasteiger partial charge on any atom is -0.508 e. The fourth-order valence-corrected chi connectivity index (χ4v) is 2.02. The van der Waals surface area contributed by atoms with Crippen molar-refractivity contribution in [1.29, 1.82) is 0 Å². The topological polar surface area (TPSA) is 66.4 Å². The van der Waals surface area contributed by atoms with Crippen LogP contribution in [-0.4, -0.2) is 16.8 Å². The number of amides is 1. The van der Waals surface area contributed by atoms with Crippen LogP contribution in [0.15, 0.2) is 42.0 Å².